The fraction of sp³-hybridized carbons (Fsp3) is 0.778. The summed E-state index contributed by atoms with van der Waals surface area (Å²) in [6.07, 6.45) is 1.55. The van der Waals surface area contributed by atoms with E-state index in [1.807, 2.05) is 0 Å². The van der Waals surface area contributed by atoms with Crippen LogP contribution in [0.1, 0.15) is 26.2 Å². The van der Waals surface area contributed by atoms with Crippen LogP contribution in [0.2, 0.25) is 0 Å². The number of carbonyl (C=O) groups excluding carboxylic acids is 1. The molecule has 1 aliphatic rings. The van der Waals surface area contributed by atoms with E-state index in [1.165, 1.54) is 0 Å². The molecule has 0 saturated carbocycles. The van der Waals surface area contributed by atoms with E-state index in [2.05, 4.69) is 0 Å². The molecule has 1 aliphatic heterocycles. The lowest BCUT2D eigenvalue weighted by molar-refractivity contribution is -0.152. The highest BCUT2D eigenvalue weighted by Gasteiger charge is 2.24. The fourth-order valence-corrected chi connectivity index (χ4v) is 1.36. The molecular weight excluding hydrogens is 170 g/mol. The molecule has 0 amide bonds. The smallest absolute Gasteiger partial charge is 0.320 e. The predicted molar refractivity (Wildman–Crippen MR) is 44.8 cm³/mol. The van der Waals surface area contributed by atoms with Crippen LogP contribution in [0.3, 0.4) is 0 Å². The number of rotatable bonds is 3. The van der Waals surface area contributed by atoms with E-state index in [0.29, 0.717) is 0 Å². The summed E-state index contributed by atoms with van der Waals surface area (Å²) in [6, 6.07) is 1.75. The van der Waals surface area contributed by atoms with Gasteiger partial charge in [-0.3, -0.25) is 4.79 Å². The highest BCUT2D eigenvalue weighted by atomic mass is 16.6. The molecule has 0 bridgehead atoms. The van der Waals surface area contributed by atoms with Crippen LogP contribution in [-0.4, -0.2) is 24.8 Å². The van der Waals surface area contributed by atoms with Crippen LogP contribution < -0.4 is 0 Å². The van der Waals surface area contributed by atoms with Crippen molar-refractivity contribution in [3.63, 3.8) is 0 Å². The highest BCUT2D eigenvalue weighted by molar-refractivity contribution is 5.71. The van der Waals surface area contributed by atoms with E-state index >= 15 is 0 Å². The van der Waals surface area contributed by atoms with E-state index in [-0.39, 0.29) is 18.6 Å². The molecule has 0 N–H and O–H groups in total. The summed E-state index contributed by atoms with van der Waals surface area (Å²) in [5, 5.41) is 8.23. The second-order valence-electron chi connectivity index (χ2n) is 3.08. The average molecular weight is 183 g/mol. The quantitative estimate of drug-likeness (QED) is 0.613. The van der Waals surface area contributed by atoms with Gasteiger partial charge in [0.25, 0.3) is 0 Å². The topological polar surface area (TPSA) is 59.3 Å². The van der Waals surface area contributed by atoms with Crippen molar-refractivity contribution in [2.24, 2.45) is 0 Å². The molecule has 0 aromatic rings. The molecule has 0 aliphatic carbocycles. The van der Waals surface area contributed by atoms with Crippen molar-refractivity contribution in [2.45, 2.75) is 38.4 Å². The number of nitrogens with zero attached hydrogens (tertiary/aromatic N) is 1. The third kappa shape index (κ3) is 3.03. The van der Waals surface area contributed by atoms with Gasteiger partial charge in [0.2, 0.25) is 0 Å². The Morgan fingerprint density at radius 1 is 1.85 bits per heavy atom. The lowest BCUT2D eigenvalue weighted by atomic mass is 10.1. The highest BCUT2D eigenvalue weighted by Crippen LogP contribution is 2.17. The van der Waals surface area contributed by atoms with Gasteiger partial charge in [-0.2, -0.15) is 5.26 Å². The van der Waals surface area contributed by atoms with E-state index < -0.39 is 5.97 Å². The molecule has 0 aromatic carbocycles. The molecule has 4 heteroatoms. The zero-order chi connectivity index (χ0) is 9.68. The Hall–Kier alpha value is -1.08. The molecule has 1 fully saturated rings. The molecular formula is C9H13NO3. The third-order valence-electron chi connectivity index (χ3n) is 2.03. The van der Waals surface area contributed by atoms with Gasteiger partial charge in [-0.25, -0.2) is 0 Å². The van der Waals surface area contributed by atoms with Gasteiger partial charge in [0, 0.05) is 6.61 Å². The van der Waals surface area contributed by atoms with Gasteiger partial charge in [0.05, 0.1) is 12.2 Å². The van der Waals surface area contributed by atoms with Gasteiger partial charge in [-0.1, -0.05) is 0 Å². The second-order valence-corrected chi connectivity index (χ2v) is 3.08. The first kappa shape index (κ1) is 10.0. The molecule has 0 radical (unpaired) electrons. The summed E-state index contributed by atoms with van der Waals surface area (Å²) in [7, 11) is 0. The maximum atomic E-state index is 10.9. The van der Waals surface area contributed by atoms with Crippen molar-refractivity contribution in [3.8, 4) is 6.07 Å². The SMILES string of the molecule is CC(OC(=O)CC#N)C1CCCO1. The Bertz CT molecular complexity index is 215. The molecule has 2 unspecified atom stereocenters. The first-order valence-corrected chi connectivity index (χ1v) is 4.42. The summed E-state index contributed by atoms with van der Waals surface area (Å²) in [4.78, 5) is 10.9. The van der Waals surface area contributed by atoms with Gasteiger partial charge >= 0.3 is 5.97 Å². The number of nitriles is 1. The molecule has 1 saturated heterocycles. The Kier molecular flexibility index (Phi) is 3.71. The van der Waals surface area contributed by atoms with Crippen LogP contribution in [0.15, 0.2) is 0 Å². The number of ether oxygens (including phenoxy) is 2. The van der Waals surface area contributed by atoms with Crippen molar-refractivity contribution in [1.82, 2.24) is 0 Å². The number of esters is 1. The monoisotopic (exact) mass is 183 g/mol. The van der Waals surface area contributed by atoms with E-state index in [1.54, 1.807) is 13.0 Å². The fourth-order valence-electron chi connectivity index (χ4n) is 1.36. The number of hydrogen-bond acceptors (Lipinski definition) is 4. The third-order valence-corrected chi connectivity index (χ3v) is 2.03. The molecule has 1 rings (SSSR count). The Balaban J connectivity index is 2.27. The van der Waals surface area contributed by atoms with Crippen LogP contribution in [0.5, 0.6) is 0 Å². The van der Waals surface area contributed by atoms with Crippen LogP contribution in [-0.2, 0) is 14.3 Å². The Labute approximate surface area is 77.4 Å². The maximum absolute atomic E-state index is 10.9. The van der Waals surface area contributed by atoms with Crippen LogP contribution in [0.4, 0.5) is 0 Å². The van der Waals surface area contributed by atoms with Crippen LogP contribution >= 0.6 is 0 Å². The van der Waals surface area contributed by atoms with Gasteiger partial charge < -0.3 is 9.47 Å². The minimum Gasteiger partial charge on any atom is -0.459 e. The number of hydrogen-bond donors (Lipinski definition) is 0. The van der Waals surface area contributed by atoms with Crippen LogP contribution in [0.25, 0.3) is 0 Å². The molecule has 13 heavy (non-hydrogen) atoms. The lowest BCUT2D eigenvalue weighted by Crippen LogP contribution is -2.27. The zero-order valence-electron chi connectivity index (χ0n) is 7.66. The molecule has 2 atom stereocenters. The summed E-state index contributed by atoms with van der Waals surface area (Å²) in [6.45, 7) is 2.54. The van der Waals surface area contributed by atoms with Crippen molar-refractivity contribution < 1.29 is 14.3 Å². The van der Waals surface area contributed by atoms with Crippen molar-refractivity contribution in [2.75, 3.05) is 6.61 Å². The lowest BCUT2D eigenvalue weighted by Gasteiger charge is -2.18. The van der Waals surface area contributed by atoms with Gasteiger partial charge in [0.1, 0.15) is 12.5 Å². The first-order valence-electron chi connectivity index (χ1n) is 4.42. The normalized spacial score (nSPS) is 23.5. The standard InChI is InChI=1S/C9H13NO3/c1-7(8-3-2-6-12-8)13-9(11)4-5-10/h7-8H,2-4,6H2,1H3. The maximum Gasteiger partial charge on any atom is 0.320 e. The molecule has 1 heterocycles. The average Bonchev–Trinajstić information content (AvgIpc) is 2.55. The summed E-state index contributed by atoms with van der Waals surface area (Å²) in [5.41, 5.74) is 0. The molecule has 0 spiro atoms. The minimum absolute atomic E-state index is 0.0163. The molecule has 0 aromatic heterocycles. The summed E-state index contributed by atoms with van der Waals surface area (Å²) < 4.78 is 10.3. The predicted octanol–water partition coefficient (Wildman–Crippen LogP) is 1.01. The summed E-state index contributed by atoms with van der Waals surface area (Å²) >= 11 is 0. The van der Waals surface area contributed by atoms with E-state index in [4.69, 9.17) is 14.7 Å². The largest absolute Gasteiger partial charge is 0.459 e. The van der Waals surface area contributed by atoms with E-state index in [9.17, 15) is 4.79 Å². The molecule has 4 nitrogen and oxygen atoms in total. The molecule has 72 valence electrons. The zero-order valence-corrected chi connectivity index (χ0v) is 7.66. The second kappa shape index (κ2) is 4.83. The first-order chi connectivity index (χ1) is 6.24. The minimum atomic E-state index is -0.467. The van der Waals surface area contributed by atoms with Gasteiger partial charge in [0.15, 0.2) is 0 Å². The van der Waals surface area contributed by atoms with Crippen molar-refractivity contribution in [3.05, 3.63) is 0 Å². The Morgan fingerprint density at radius 2 is 2.62 bits per heavy atom. The van der Waals surface area contributed by atoms with Crippen LogP contribution in [0, 0.1) is 11.3 Å². The van der Waals surface area contributed by atoms with Crippen molar-refractivity contribution in [1.29, 1.82) is 5.26 Å². The van der Waals surface area contributed by atoms with Gasteiger partial charge in [-0.05, 0) is 19.8 Å². The summed E-state index contributed by atoms with van der Waals surface area (Å²) in [5.74, 6) is -0.467. The van der Waals surface area contributed by atoms with Gasteiger partial charge in [-0.15, -0.1) is 0 Å². The number of carbonyl (C=O) groups is 1. The van der Waals surface area contributed by atoms with E-state index in [0.717, 1.165) is 19.4 Å². The Morgan fingerprint density at radius 3 is 3.15 bits per heavy atom. The van der Waals surface area contributed by atoms with Crippen molar-refractivity contribution >= 4 is 5.97 Å².